The zero-order chi connectivity index (χ0) is 20.4. The molecular formula is C22H30N4O3. The summed E-state index contributed by atoms with van der Waals surface area (Å²) in [6.45, 7) is 7.82. The summed E-state index contributed by atoms with van der Waals surface area (Å²) in [5.41, 5.74) is 2.06. The maximum absolute atomic E-state index is 13.1. The van der Waals surface area contributed by atoms with Crippen molar-refractivity contribution < 1.29 is 9.53 Å². The highest BCUT2D eigenvalue weighted by molar-refractivity contribution is 5.76. The van der Waals surface area contributed by atoms with Crippen LogP contribution >= 0.6 is 0 Å². The Morgan fingerprint density at radius 1 is 1.07 bits per heavy atom. The molecule has 0 aliphatic carbocycles. The van der Waals surface area contributed by atoms with Crippen LogP contribution in [0.25, 0.3) is 11.0 Å². The molecule has 1 amide bonds. The molecule has 2 aliphatic rings. The van der Waals surface area contributed by atoms with Crippen LogP contribution in [-0.2, 0) is 11.3 Å². The van der Waals surface area contributed by atoms with Crippen molar-refractivity contribution in [2.45, 2.75) is 44.3 Å². The minimum Gasteiger partial charge on any atom is -0.453 e. The van der Waals surface area contributed by atoms with Crippen LogP contribution in [0.5, 0.6) is 0 Å². The van der Waals surface area contributed by atoms with Crippen molar-refractivity contribution in [3.63, 3.8) is 0 Å². The van der Waals surface area contributed by atoms with E-state index in [1.807, 2.05) is 33.4 Å². The molecule has 29 heavy (non-hydrogen) atoms. The Labute approximate surface area is 171 Å². The van der Waals surface area contributed by atoms with Crippen LogP contribution in [0, 0.1) is 0 Å². The topological polar surface area (TPSA) is 59.7 Å². The van der Waals surface area contributed by atoms with Crippen molar-refractivity contribution in [3.8, 4) is 0 Å². The van der Waals surface area contributed by atoms with E-state index in [9.17, 15) is 9.59 Å². The van der Waals surface area contributed by atoms with E-state index >= 15 is 0 Å². The molecule has 0 bridgehead atoms. The fourth-order valence-electron chi connectivity index (χ4n) is 4.94. The van der Waals surface area contributed by atoms with Gasteiger partial charge < -0.3 is 14.5 Å². The fraction of sp³-hybridized carbons (Fsp3) is 0.545. The molecule has 4 rings (SSSR count). The molecule has 7 nitrogen and oxygen atoms in total. The number of allylic oxidation sites excluding steroid dienone is 1. The normalized spacial score (nSPS) is 19.6. The molecule has 0 radical (unpaired) electrons. The van der Waals surface area contributed by atoms with Crippen LogP contribution in [0.3, 0.4) is 0 Å². The van der Waals surface area contributed by atoms with Crippen LogP contribution < -0.4 is 5.69 Å². The Morgan fingerprint density at radius 3 is 2.31 bits per heavy atom. The summed E-state index contributed by atoms with van der Waals surface area (Å²) in [5.74, 6) is 0. The first-order valence-corrected chi connectivity index (χ1v) is 10.5. The number of rotatable bonds is 4. The van der Waals surface area contributed by atoms with Gasteiger partial charge in [0, 0.05) is 44.8 Å². The van der Waals surface area contributed by atoms with Crippen molar-refractivity contribution in [1.29, 1.82) is 0 Å². The van der Waals surface area contributed by atoms with E-state index in [-0.39, 0.29) is 17.8 Å². The van der Waals surface area contributed by atoms with E-state index in [2.05, 4.69) is 11.5 Å². The van der Waals surface area contributed by atoms with Crippen LogP contribution in [-0.4, -0.2) is 64.4 Å². The van der Waals surface area contributed by atoms with Crippen LogP contribution in [0.1, 0.15) is 31.7 Å². The third-order valence-electron chi connectivity index (χ3n) is 6.46. The molecule has 2 fully saturated rings. The van der Waals surface area contributed by atoms with Crippen molar-refractivity contribution in [3.05, 3.63) is 47.4 Å². The number of piperidine rings is 2. The van der Waals surface area contributed by atoms with Gasteiger partial charge >= 0.3 is 11.8 Å². The van der Waals surface area contributed by atoms with Gasteiger partial charge in [-0.2, -0.15) is 0 Å². The smallest absolute Gasteiger partial charge is 0.409 e. The second kappa shape index (κ2) is 8.45. The maximum Gasteiger partial charge on any atom is 0.409 e. The van der Waals surface area contributed by atoms with Gasteiger partial charge in [-0.15, -0.1) is 6.58 Å². The number of carbonyl (C=O) groups excluding carboxylic acids is 1. The number of hydrogen-bond acceptors (Lipinski definition) is 4. The van der Waals surface area contributed by atoms with E-state index in [1.165, 1.54) is 7.11 Å². The van der Waals surface area contributed by atoms with Gasteiger partial charge in [-0.3, -0.25) is 9.13 Å². The molecule has 2 aromatic rings. The maximum atomic E-state index is 13.1. The predicted molar refractivity (Wildman–Crippen MR) is 113 cm³/mol. The Hall–Kier alpha value is -2.54. The zero-order valence-corrected chi connectivity index (χ0v) is 17.1. The molecule has 0 atom stereocenters. The number of imidazole rings is 1. The molecule has 2 saturated heterocycles. The molecule has 3 heterocycles. The predicted octanol–water partition coefficient (Wildman–Crippen LogP) is 2.86. The average molecular weight is 399 g/mol. The third-order valence-corrected chi connectivity index (χ3v) is 6.46. The lowest BCUT2D eigenvalue weighted by atomic mass is 9.97. The lowest BCUT2D eigenvalue weighted by Gasteiger charge is -2.41. The summed E-state index contributed by atoms with van der Waals surface area (Å²) in [5, 5.41) is 0. The first-order valence-electron chi connectivity index (χ1n) is 10.5. The lowest BCUT2D eigenvalue weighted by Crippen LogP contribution is -2.49. The van der Waals surface area contributed by atoms with Crippen molar-refractivity contribution in [1.82, 2.24) is 18.9 Å². The highest BCUT2D eigenvalue weighted by Crippen LogP contribution is 2.29. The minimum atomic E-state index is -0.225. The summed E-state index contributed by atoms with van der Waals surface area (Å²) in [6, 6.07) is 8.78. The number of ether oxygens (including phenoxy) is 1. The zero-order valence-electron chi connectivity index (χ0n) is 17.1. The molecule has 2 aliphatic heterocycles. The van der Waals surface area contributed by atoms with E-state index < -0.39 is 0 Å². The van der Waals surface area contributed by atoms with Crippen LogP contribution in [0.4, 0.5) is 4.79 Å². The van der Waals surface area contributed by atoms with Gasteiger partial charge in [-0.1, -0.05) is 18.2 Å². The number of benzene rings is 1. The van der Waals surface area contributed by atoms with E-state index in [0.717, 1.165) is 62.9 Å². The highest BCUT2D eigenvalue weighted by Gasteiger charge is 2.31. The summed E-state index contributed by atoms with van der Waals surface area (Å²) in [4.78, 5) is 29.1. The standard InChI is InChI=1S/C22H30N4O3/c1-3-12-25-19-6-4-5-7-20(19)26(21(25)27)18-10-13-23(14-11-18)17-8-15-24(16-9-17)22(28)29-2/h3-7,17-18H,1,8-16H2,2H3. The van der Waals surface area contributed by atoms with Crippen LogP contribution in [0.2, 0.25) is 0 Å². The quantitative estimate of drug-likeness (QED) is 0.743. The number of para-hydroxylation sites is 2. The number of likely N-dealkylation sites (tertiary alicyclic amines) is 2. The van der Waals surface area contributed by atoms with Gasteiger partial charge in [-0.25, -0.2) is 9.59 Å². The van der Waals surface area contributed by atoms with E-state index in [0.29, 0.717) is 12.6 Å². The van der Waals surface area contributed by atoms with Crippen LogP contribution in [0.15, 0.2) is 41.7 Å². The van der Waals surface area contributed by atoms with E-state index in [4.69, 9.17) is 4.74 Å². The van der Waals surface area contributed by atoms with Crippen molar-refractivity contribution >= 4 is 17.1 Å². The average Bonchev–Trinajstić information content (AvgIpc) is 3.05. The molecule has 0 saturated carbocycles. The van der Waals surface area contributed by atoms with Crippen molar-refractivity contribution in [2.75, 3.05) is 33.3 Å². The number of hydrogen-bond donors (Lipinski definition) is 0. The molecule has 1 aromatic heterocycles. The summed E-state index contributed by atoms with van der Waals surface area (Å²) in [7, 11) is 1.44. The summed E-state index contributed by atoms with van der Waals surface area (Å²) >= 11 is 0. The third kappa shape index (κ3) is 3.71. The van der Waals surface area contributed by atoms with Gasteiger partial charge in [0.15, 0.2) is 0 Å². The van der Waals surface area contributed by atoms with Gasteiger partial charge in [0.25, 0.3) is 0 Å². The largest absolute Gasteiger partial charge is 0.453 e. The first-order chi connectivity index (χ1) is 14.1. The van der Waals surface area contributed by atoms with Gasteiger partial charge in [-0.05, 0) is 37.8 Å². The Kier molecular flexibility index (Phi) is 5.76. The number of methoxy groups -OCH3 is 1. The monoisotopic (exact) mass is 398 g/mol. The summed E-state index contributed by atoms with van der Waals surface area (Å²) < 4.78 is 8.64. The minimum absolute atomic E-state index is 0.0657. The highest BCUT2D eigenvalue weighted by atomic mass is 16.5. The van der Waals surface area contributed by atoms with Gasteiger partial charge in [0.05, 0.1) is 18.1 Å². The second-order valence-corrected chi connectivity index (χ2v) is 8.00. The number of amides is 1. The number of nitrogens with zero attached hydrogens (tertiary/aromatic N) is 4. The van der Waals surface area contributed by atoms with E-state index in [1.54, 1.807) is 11.0 Å². The van der Waals surface area contributed by atoms with Gasteiger partial charge in [0.2, 0.25) is 0 Å². The number of carbonyl (C=O) groups is 1. The summed E-state index contributed by atoms with van der Waals surface area (Å²) in [6.07, 6.45) is 5.47. The lowest BCUT2D eigenvalue weighted by molar-refractivity contribution is 0.0686. The molecule has 1 aromatic carbocycles. The first kappa shape index (κ1) is 19.8. The second-order valence-electron chi connectivity index (χ2n) is 8.00. The SMILES string of the molecule is C=CCn1c(=O)n(C2CCN(C3CCN(C(=O)OC)CC3)CC2)c2ccccc21. The Bertz CT molecular complexity index is 931. The number of fused-ring (bicyclic) bond motifs is 1. The molecule has 0 unspecified atom stereocenters. The molecule has 156 valence electrons. The van der Waals surface area contributed by atoms with Crippen molar-refractivity contribution in [2.24, 2.45) is 0 Å². The molecule has 0 spiro atoms. The molecule has 0 N–H and O–H groups in total. The molecular weight excluding hydrogens is 368 g/mol. The Morgan fingerprint density at radius 2 is 1.69 bits per heavy atom. The fourth-order valence-corrected chi connectivity index (χ4v) is 4.94. The number of aromatic nitrogens is 2. The van der Waals surface area contributed by atoms with Gasteiger partial charge in [0.1, 0.15) is 0 Å². The Balaban J connectivity index is 1.44. The molecule has 7 heteroatoms.